The zero-order chi connectivity index (χ0) is 23.6. The van der Waals surface area contributed by atoms with Gasteiger partial charge in [0, 0.05) is 31.6 Å². The van der Waals surface area contributed by atoms with E-state index in [-0.39, 0.29) is 29.4 Å². The van der Waals surface area contributed by atoms with Crippen LogP contribution in [0.5, 0.6) is 0 Å². The average molecular weight is 469 g/mol. The van der Waals surface area contributed by atoms with Crippen molar-refractivity contribution in [1.82, 2.24) is 4.31 Å². The molecule has 9 heteroatoms. The predicted molar refractivity (Wildman–Crippen MR) is 128 cm³/mol. The summed E-state index contributed by atoms with van der Waals surface area (Å²) in [5, 5.41) is 8.37. The summed E-state index contributed by atoms with van der Waals surface area (Å²) in [7, 11) is -3.62. The number of piperidine rings is 1. The highest BCUT2D eigenvalue weighted by molar-refractivity contribution is 7.89. The number of hydrogen-bond acceptors (Lipinski definition) is 5. The van der Waals surface area contributed by atoms with Crippen molar-refractivity contribution in [3.63, 3.8) is 0 Å². The van der Waals surface area contributed by atoms with Crippen molar-refractivity contribution < 1.29 is 18.0 Å². The molecule has 0 unspecified atom stereocenters. The van der Waals surface area contributed by atoms with Crippen molar-refractivity contribution in [2.24, 2.45) is 5.10 Å². The lowest BCUT2D eigenvalue weighted by molar-refractivity contribution is -0.118. The molecule has 4 rings (SSSR count). The van der Waals surface area contributed by atoms with Crippen molar-refractivity contribution >= 4 is 38.9 Å². The summed E-state index contributed by atoms with van der Waals surface area (Å²) in [6, 6.07) is 12.1. The van der Waals surface area contributed by atoms with E-state index in [0.717, 1.165) is 30.4 Å². The highest BCUT2D eigenvalue weighted by Crippen LogP contribution is 2.26. The molecule has 0 atom stereocenters. The molecule has 1 saturated heterocycles. The van der Waals surface area contributed by atoms with Crippen LogP contribution in [0.25, 0.3) is 0 Å². The fourth-order valence-electron chi connectivity index (χ4n) is 4.02. The molecule has 0 bridgehead atoms. The second-order valence-corrected chi connectivity index (χ2v) is 10.4. The molecule has 0 saturated carbocycles. The number of nitrogens with one attached hydrogen (secondary N) is 1. The lowest BCUT2D eigenvalue weighted by atomic mass is 10.1. The maximum absolute atomic E-state index is 13.0. The predicted octanol–water partition coefficient (Wildman–Crippen LogP) is 3.60. The van der Waals surface area contributed by atoms with Crippen LogP contribution in [0, 0.1) is 13.8 Å². The molecule has 1 fully saturated rings. The summed E-state index contributed by atoms with van der Waals surface area (Å²) in [5.41, 5.74) is 2.97. The number of rotatable bonds is 5. The molecule has 33 heavy (non-hydrogen) atoms. The lowest BCUT2D eigenvalue weighted by Gasteiger charge is -2.26. The van der Waals surface area contributed by atoms with Crippen LogP contribution in [-0.2, 0) is 19.6 Å². The van der Waals surface area contributed by atoms with Gasteiger partial charge in [-0.25, -0.2) is 13.4 Å². The Kier molecular flexibility index (Phi) is 6.62. The Morgan fingerprint density at radius 2 is 1.76 bits per heavy atom. The van der Waals surface area contributed by atoms with E-state index in [4.69, 9.17) is 0 Å². The van der Waals surface area contributed by atoms with Gasteiger partial charge in [0.1, 0.15) is 5.71 Å². The molecule has 2 amide bonds. The van der Waals surface area contributed by atoms with E-state index in [2.05, 4.69) is 10.4 Å². The van der Waals surface area contributed by atoms with Crippen molar-refractivity contribution in [3.8, 4) is 0 Å². The number of nitrogens with zero attached hydrogens (tertiary/aromatic N) is 3. The fourth-order valence-corrected chi connectivity index (χ4v) is 5.57. The van der Waals surface area contributed by atoms with Gasteiger partial charge >= 0.3 is 0 Å². The second-order valence-electron chi connectivity index (χ2n) is 8.49. The second kappa shape index (κ2) is 9.44. The van der Waals surface area contributed by atoms with E-state index in [9.17, 15) is 18.0 Å². The van der Waals surface area contributed by atoms with E-state index in [1.807, 2.05) is 25.1 Å². The molecule has 0 aliphatic carbocycles. The standard InChI is InChI=1S/C24H28N4O4S/c1-17-7-6-8-19(15-17)28-23(29)12-11-21(26-28)24(30)25-22-16-20(10-9-18(22)2)33(31,32)27-13-4-3-5-14-27/h6-10,15-16H,3-5,11-14H2,1-2H3,(H,25,30). The largest absolute Gasteiger partial charge is 0.321 e. The Bertz CT molecular complexity index is 1220. The van der Waals surface area contributed by atoms with Crippen LogP contribution in [0.2, 0.25) is 0 Å². The molecular formula is C24H28N4O4S. The van der Waals surface area contributed by atoms with E-state index in [0.29, 0.717) is 24.5 Å². The molecule has 8 nitrogen and oxygen atoms in total. The van der Waals surface area contributed by atoms with Crippen LogP contribution in [0.3, 0.4) is 0 Å². The third kappa shape index (κ3) is 4.99. The number of sulfonamides is 1. The first kappa shape index (κ1) is 23.1. The maximum atomic E-state index is 13.0. The van der Waals surface area contributed by atoms with Crippen LogP contribution in [-0.4, -0.2) is 43.3 Å². The quantitative estimate of drug-likeness (QED) is 0.725. The Labute approximate surface area is 194 Å². The van der Waals surface area contributed by atoms with Gasteiger partial charge in [-0.2, -0.15) is 9.41 Å². The van der Waals surface area contributed by atoms with Crippen LogP contribution in [0.4, 0.5) is 11.4 Å². The van der Waals surface area contributed by atoms with Gasteiger partial charge in [0.2, 0.25) is 15.9 Å². The van der Waals surface area contributed by atoms with Gasteiger partial charge < -0.3 is 5.32 Å². The minimum Gasteiger partial charge on any atom is -0.321 e. The summed E-state index contributed by atoms with van der Waals surface area (Å²) in [5.74, 6) is -0.626. The highest BCUT2D eigenvalue weighted by Gasteiger charge is 2.28. The fraction of sp³-hybridized carbons (Fsp3) is 0.375. The number of hydrazone groups is 1. The summed E-state index contributed by atoms with van der Waals surface area (Å²) in [6.07, 6.45) is 3.13. The van der Waals surface area contributed by atoms with Crippen molar-refractivity contribution in [2.45, 2.75) is 50.8 Å². The molecule has 2 heterocycles. The summed E-state index contributed by atoms with van der Waals surface area (Å²) >= 11 is 0. The first-order valence-electron chi connectivity index (χ1n) is 11.1. The number of anilines is 2. The van der Waals surface area contributed by atoms with Crippen LogP contribution < -0.4 is 10.3 Å². The molecule has 0 radical (unpaired) electrons. The third-order valence-corrected chi connectivity index (χ3v) is 7.85. The van der Waals surface area contributed by atoms with Gasteiger partial charge in [-0.1, -0.05) is 24.6 Å². The first-order chi connectivity index (χ1) is 15.8. The normalized spacial score (nSPS) is 17.6. The van der Waals surface area contributed by atoms with E-state index < -0.39 is 15.9 Å². The minimum absolute atomic E-state index is 0.160. The van der Waals surface area contributed by atoms with Gasteiger partial charge in [0.15, 0.2) is 0 Å². The van der Waals surface area contributed by atoms with Crippen molar-refractivity contribution in [3.05, 3.63) is 53.6 Å². The number of amides is 2. The molecule has 2 aliphatic heterocycles. The number of carbonyl (C=O) groups is 2. The molecule has 2 aromatic carbocycles. The lowest BCUT2D eigenvalue weighted by Crippen LogP contribution is -2.36. The van der Waals surface area contributed by atoms with Crippen molar-refractivity contribution in [1.29, 1.82) is 0 Å². The molecular weight excluding hydrogens is 440 g/mol. The molecule has 2 aromatic rings. The maximum Gasteiger partial charge on any atom is 0.271 e. The Morgan fingerprint density at radius 1 is 1.00 bits per heavy atom. The average Bonchev–Trinajstić information content (AvgIpc) is 2.81. The van der Waals surface area contributed by atoms with Gasteiger partial charge in [0.25, 0.3) is 5.91 Å². The Hall–Kier alpha value is -3.04. The van der Waals surface area contributed by atoms with Crippen LogP contribution in [0.1, 0.15) is 43.2 Å². The number of benzene rings is 2. The van der Waals surface area contributed by atoms with Crippen LogP contribution >= 0.6 is 0 Å². The topological polar surface area (TPSA) is 99.2 Å². The molecule has 1 N–H and O–H groups in total. The zero-order valence-electron chi connectivity index (χ0n) is 18.9. The monoisotopic (exact) mass is 468 g/mol. The first-order valence-corrected chi connectivity index (χ1v) is 12.6. The van der Waals surface area contributed by atoms with E-state index in [1.54, 1.807) is 25.1 Å². The van der Waals surface area contributed by atoms with Gasteiger partial charge in [0.05, 0.1) is 10.6 Å². The highest BCUT2D eigenvalue weighted by atomic mass is 32.2. The van der Waals surface area contributed by atoms with Gasteiger partial charge in [-0.05, 0) is 62.1 Å². The summed E-state index contributed by atoms with van der Waals surface area (Å²) in [6.45, 7) is 4.75. The number of hydrogen-bond donors (Lipinski definition) is 1. The minimum atomic E-state index is -3.62. The molecule has 0 spiro atoms. The summed E-state index contributed by atoms with van der Waals surface area (Å²) in [4.78, 5) is 25.6. The van der Waals surface area contributed by atoms with Crippen LogP contribution in [0.15, 0.2) is 52.5 Å². The van der Waals surface area contributed by atoms with Gasteiger partial charge in [-0.15, -0.1) is 0 Å². The van der Waals surface area contributed by atoms with Gasteiger partial charge in [-0.3, -0.25) is 9.59 Å². The molecule has 2 aliphatic rings. The number of carbonyl (C=O) groups excluding carboxylic acids is 2. The smallest absolute Gasteiger partial charge is 0.271 e. The Balaban J connectivity index is 1.57. The van der Waals surface area contributed by atoms with E-state index in [1.165, 1.54) is 15.4 Å². The van der Waals surface area contributed by atoms with E-state index >= 15 is 0 Å². The molecule has 0 aromatic heterocycles. The Morgan fingerprint density at radius 3 is 2.48 bits per heavy atom. The zero-order valence-corrected chi connectivity index (χ0v) is 19.7. The summed E-state index contributed by atoms with van der Waals surface area (Å²) < 4.78 is 27.6. The number of aryl methyl sites for hydroxylation is 2. The third-order valence-electron chi connectivity index (χ3n) is 5.95. The molecule has 174 valence electrons. The van der Waals surface area contributed by atoms with Crippen molar-refractivity contribution in [2.75, 3.05) is 23.4 Å². The SMILES string of the molecule is Cc1cccc(N2N=C(C(=O)Nc3cc(S(=O)(=O)N4CCCCC4)ccc3C)CCC2=O)c1.